The van der Waals surface area contributed by atoms with Crippen molar-refractivity contribution in [1.29, 1.82) is 0 Å². The number of benzene rings is 2. The fourth-order valence-corrected chi connectivity index (χ4v) is 3.76. The Balaban J connectivity index is 1.47. The van der Waals surface area contributed by atoms with Crippen molar-refractivity contribution in [2.24, 2.45) is 11.1 Å². The van der Waals surface area contributed by atoms with E-state index >= 15 is 0 Å². The van der Waals surface area contributed by atoms with Crippen LogP contribution in [0.25, 0.3) is 0 Å². The summed E-state index contributed by atoms with van der Waals surface area (Å²) in [5.41, 5.74) is 1.19. The molecule has 1 saturated carbocycles. The molecule has 1 aliphatic heterocycles. The fraction of sp³-hybridized carbons (Fsp3) is 0.364. The number of halogens is 4. The maximum Gasteiger partial charge on any atom is 0.416 e. The highest BCUT2D eigenvalue weighted by atomic mass is 35.5. The molecule has 30 heavy (non-hydrogen) atoms. The van der Waals surface area contributed by atoms with Gasteiger partial charge in [-0.25, -0.2) is 0 Å². The third-order valence-corrected chi connectivity index (χ3v) is 5.54. The van der Waals surface area contributed by atoms with Crippen LogP contribution in [0.1, 0.15) is 36.0 Å². The van der Waals surface area contributed by atoms with Crippen molar-refractivity contribution < 1.29 is 22.8 Å². The second-order valence-corrected chi connectivity index (χ2v) is 8.05. The van der Waals surface area contributed by atoms with Crippen molar-refractivity contribution in [3.8, 4) is 0 Å². The summed E-state index contributed by atoms with van der Waals surface area (Å²) in [6.07, 6.45) is -2.70. The molecule has 2 aliphatic rings. The van der Waals surface area contributed by atoms with Gasteiger partial charge in [-0.15, -0.1) is 0 Å². The smallest absolute Gasteiger partial charge is 0.390 e. The number of rotatable bonds is 6. The summed E-state index contributed by atoms with van der Waals surface area (Å²) in [4.78, 5) is 19.9. The minimum Gasteiger partial charge on any atom is -0.390 e. The molecule has 1 fully saturated rings. The number of hydrogen-bond donors (Lipinski definition) is 0. The Morgan fingerprint density at radius 1 is 1.17 bits per heavy atom. The largest absolute Gasteiger partial charge is 0.416 e. The summed E-state index contributed by atoms with van der Waals surface area (Å²) in [7, 11) is 0. The predicted molar refractivity (Wildman–Crippen MR) is 107 cm³/mol. The van der Waals surface area contributed by atoms with E-state index in [1.807, 2.05) is 18.2 Å². The van der Waals surface area contributed by atoms with Gasteiger partial charge in [0, 0.05) is 29.5 Å². The summed E-state index contributed by atoms with van der Waals surface area (Å²) >= 11 is 6.22. The molecule has 1 heterocycles. The SMILES string of the molecule is O=C(C1CC1)N(Cc1cccc(C(F)(F)F)c1)C[C@H]1CC(c2ccccc2Cl)=NO1. The molecular formula is C22H20ClF3N2O2. The van der Waals surface area contributed by atoms with E-state index in [0.29, 0.717) is 22.7 Å². The van der Waals surface area contributed by atoms with Gasteiger partial charge in [0.15, 0.2) is 6.10 Å². The Kier molecular flexibility index (Phi) is 5.73. The van der Waals surface area contributed by atoms with E-state index in [1.54, 1.807) is 17.0 Å². The molecule has 0 unspecified atom stereocenters. The van der Waals surface area contributed by atoms with Gasteiger partial charge in [-0.1, -0.05) is 47.1 Å². The highest BCUT2D eigenvalue weighted by Crippen LogP contribution is 2.33. The molecule has 158 valence electrons. The van der Waals surface area contributed by atoms with Gasteiger partial charge in [-0.2, -0.15) is 13.2 Å². The van der Waals surface area contributed by atoms with E-state index in [0.717, 1.165) is 30.5 Å². The van der Waals surface area contributed by atoms with E-state index in [4.69, 9.17) is 16.4 Å². The van der Waals surface area contributed by atoms with Crippen molar-refractivity contribution in [2.75, 3.05) is 6.54 Å². The second kappa shape index (κ2) is 8.30. The number of alkyl halides is 3. The number of hydrogen-bond acceptors (Lipinski definition) is 3. The van der Waals surface area contributed by atoms with Crippen LogP contribution in [-0.2, 0) is 22.4 Å². The highest BCUT2D eigenvalue weighted by molar-refractivity contribution is 6.34. The first-order valence-electron chi connectivity index (χ1n) is 9.74. The zero-order valence-corrected chi connectivity index (χ0v) is 16.8. The maximum atomic E-state index is 13.0. The molecule has 0 aromatic heterocycles. The minimum atomic E-state index is -4.42. The van der Waals surface area contributed by atoms with Gasteiger partial charge in [0.05, 0.1) is 17.8 Å². The van der Waals surface area contributed by atoms with Gasteiger partial charge in [-0.3, -0.25) is 4.79 Å². The van der Waals surface area contributed by atoms with E-state index in [-0.39, 0.29) is 31.0 Å². The van der Waals surface area contributed by atoms with Crippen LogP contribution in [0.4, 0.5) is 13.2 Å². The molecule has 0 radical (unpaired) electrons. The van der Waals surface area contributed by atoms with Crippen molar-refractivity contribution in [1.82, 2.24) is 4.90 Å². The molecule has 2 aromatic rings. The third kappa shape index (κ3) is 4.78. The lowest BCUT2D eigenvalue weighted by atomic mass is 10.0. The monoisotopic (exact) mass is 436 g/mol. The topological polar surface area (TPSA) is 41.9 Å². The fourth-order valence-electron chi connectivity index (χ4n) is 3.51. The first-order chi connectivity index (χ1) is 14.3. The first kappa shape index (κ1) is 20.7. The Morgan fingerprint density at radius 3 is 2.63 bits per heavy atom. The van der Waals surface area contributed by atoms with Crippen LogP contribution < -0.4 is 0 Å². The lowest BCUT2D eigenvalue weighted by molar-refractivity contribution is -0.137. The molecule has 8 heteroatoms. The van der Waals surface area contributed by atoms with Crippen LogP contribution in [0.15, 0.2) is 53.7 Å². The Labute approximate surface area is 177 Å². The van der Waals surface area contributed by atoms with Crippen LogP contribution in [0, 0.1) is 5.92 Å². The zero-order chi connectivity index (χ0) is 21.3. The summed E-state index contributed by atoms with van der Waals surface area (Å²) in [5, 5.41) is 4.69. The van der Waals surface area contributed by atoms with Gasteiger partial charge in [0.25, 0.3) is 0 Å². The summed E-state index contributed by atoms with van der Waals surface area (Å²) in [6, 6.07) is 12.4. The van der Waals surface area contributed by atoms with Gasteiger partial charge in [0.2, 0.25) is 5.91 Å². The number of oxime groups is 1. The molecular weight excluding hydrogens is 417 g/mol. The third-order valence-electron chi connectivity index (χ3n) is 5.21. The van der Waals surface area contributed by atoms with E-state index in [1.165, 1.54) is 6.07 Å². The predicted octanol–water partition coefficient (Wildman–Crippen LogP) is 5.29. The van der Waals surface area contributed by atoms with Crippen LogP contribution in [-0.4, -0.2) is 29.2 Å². The zero-order valence-electron chi connectivity index (χ0n) is 16.0. The Morgan fingerprint density at radius 2 is 1.93 bits per heavy atom. The van der Waals surface area contributed by atoms with Gasteiger partial charge >= 0.3 is 6.18 Å². The maximum absolute atomic E-state index is 13.0. The molecule has 0 saturated heterocycles. The molecule has 0 spiro atoms. The minimum absolute atomic E-state index is 0.0535. The van der Waals surface area contributed by atoms with Crippen LogP contribution in [0.5, 0.6) is 0 Å². The van der Waals surface area contributed by atoms with Gasteiger partial charge in [0.1, 0.15) is 0 Å². The first-order valence-corrected chi connectivity index (χ1v) is 10.1. The normalized spacial score (nSPS) is 18.7. The average Bonchev–Trinajstić information content (AvgIpc) is 3.46. The summed E-state index contributed by atoms with van der Waals surface area (Å²) < 4.78 is 39.1. The highest BCUT2D eigenvalue weighted by Gasteiger charge is 2.36. The van der Waals surface area contributed by atoms with Crippen molar-refractivity contribution in [2.45, 2.75) is 38.1 Å². The Bertz CT molecular complexity index is 973. The van der Waals surface area contributed by atoms with Crippen LogP contribution in [0.3, 0.4) is 0 Å². The molecule has 4 rings (SSSR count). The van der Waals surface area contributed by atoms with Crippen molar-refractivity contribution in [3.63, 3.8) is 0 Å². The van der Waals surface area contributed by atoms with Crippen LogP contribution >= 0.6 is 11.6 Å². The second-order valence-electron chi connectivity index (χ2n) is 7.64. The van der Waals surface area contributed by atoms with E-state index in [2.05, 4.69) is 5.16 Å². The number of carbonyl (C=O) groups excluding carboxylic acids is 1. The van der Waals surface area contributed by atoms with Crippen molar-refractivity contribution in [3.05, 3.63) is 70.2 Å². The van der Waals surface area contributed by atoms with Gasteiger partial charge in [-0.05, 0) is 36.6 Å². The molecule has 4 nitrogen and oxygen atoms in total. The quantitative estimate of drug-likeness (QED) is 0.617. The molecule has 1 atom stereocenters. The summed E-state index contributed by atoms with van der Waals surface area (Å²) in [6.45, 7) is 0.351. The van der Waals surface area contributed by atoms with Crippen LogP contribution in [0.2, 0.25) is 5.02 Å². The van der Waals surface area contributed by atoms with E-state index < -0.39 is 11.7 Å². The summed E-state index contributed by atoms with van der Waals surface area (Å²) in [5.74, 6) is -0.108. The van der Waals surface area contributed by atoms with Crippen molar-refractivity contribution >= 4 is 23.2 Å². The lowest BCUT2D eigenvalue weighted by Gasteiger charge is -2.25. The number of nitrogens with zero attached hydrogens (tertiary/aromatic N) is 2. The van der Waals surface area contributed by atoms with Gasteiger partial charge < -0.3 is 9.74 Å². The average molecular weight is 437 g/mol. The number of amides is 1. The number of carbonyl (C=O) groups is 1. The molecule has 1 amide bonds. The lowest BCUT2D eigenvalue weighted by Crippen LogP contribution is -2.38. The van der Waals surface area contributed by atoms with E-state index in [9.17, 15) is 18.0 Å². The molecule has 2 aromatic carbocycles. The standard InChI is InChI=1S/C22H20ClF3N2O2/c23-19-7-2-1-6-18(19)20-11-17(30-27-20)13-28(21(29)15-8-9-15)12-14-4-3-5-16(10-14)22(24,25)26/h1-7,10,15,17H,8-9,11-13H2/t17-/m1/s1. The molecule has 0 N–H and O–H groups in total. The Hall–Kier alpha value is -2.54. The molecule has 0 bridgehead atoms. The molecule has 1 aliphatic carbocycles.